The van der Waals surface area contributed by atoms with Crippen LogP contribution >= 0.6 is 11.8 Å². The zero-order valence-electron chi connectivity index (χ0n) is 10.7. The Morgan fingerprint density at radius 1 is 1.00 bits per heavy atom. The maximum Gasteiger partial charge on any atom is 0.0172 e. The van der Waals surface area contributed by atoms with E-state index < -0.39 is 0 Å². The molecule has 0 amide bonds. The molecule has 0 aromatic heterocycles. The molecule has 0 aromatic carbocycles. The first kappa shape index (κ1) is 12.8. The van der Waals surface area contributed by atoms with E-state index in [9.17, 15) is 0 Å². The van der Waals surface area contributed by atoms with Crippen molar-refractivity contribution in [2.75, 3.05) is 12.3 Å². The molecule has 3 atom stereocenters. The van der Waals surface area contributed by atoms with Crippen LogP contribution in [0.2, 0.25) is 0 Å². The first-order valence-corrected chi connectivity index (χ1v) is 8.24. The van der Waals surface area contributed by atoms with Crippen LogP contribution in [0.1, 0.15) is 58.3 Å². The van der Waals surface area contributed by atoms with E-state index >= 15 is 0 Å². The summed E-state index contributed by atoms with van der Waals surface area (Å²) in [7, 11) is 0. The fourth-order valence-electron chi connectivity index (χ4n) is 2.96. The molecule has 2 rings (SSSR count). The summed E-state index contributed by atoms with van der Waals surface area (Å²) in [4.78, 5) is 0. The quantitative estimate of drug-likeness (QED) is 0.754. The van der Waals surface area contributed by atoms with Gasteiger partial charge in [0, 0.05) is 17.8 Å². The first-order valence-electron chi connectivity index (χ1n) is 7.19. The number of rotatable bonds is 3. The molecule has 1 saturated carbocycles. The van der Waals surface area contributed by atoms with E-state index in [1.165, 1.54) is 63.7 Å². The van der Waals surface area contributed by atoms with Crippen LogP contribution in [-0.2, 0) is 0 Å². The molecular weight excluding hydrogens is 214 g/mol. The SMILES string of the molecule is CC1CCCC(NCC2CCCCS2)CC1. The smallest absolute Gasteiger partial charge is 0.0172 e. The third-order valence-electron chi connectivity index (χ3n) is 4.17. The van der Waals surface area contributed by atoms with E-state index in [1.54, 1.807) is 0 Å². The van der Waals surface area contributed by atoms with E-state index in [0.717, 1.165) is 17.2 Å². The standard InChI is InChI=1S/C14H27NS/c1-12-5-4-6-13(9-8-12)15-11-14-7-2-3-10-16-14/h12-15H,2-11H2,1H3. The Balaban J connectivity index is 1.64. The lowest BCUT2D eigenvalue weighted by molar-refractivity contribution is 0.441. The van der Waals surface area contributed by atoms with Crippen molar-refractivity contribution in [3.05, 3.63) is 0 Å². The van der Waals surface area contributed by atoms with Gasteiger partial charge in [0.25, 0.3) is 0 Å². The molecule has 1 heterocycles. The van der Waals surface area contributed by atoms with Crippen molar-refractivity contribution in [3.63, 3.8) is 0 Å². The molecule has 0 bridgehead atoms. The van der Waals surface area contributed by atoms with Crippen molar-refractivity contribution in [3.8, 4) is 0 Å². The normalized spacial score (nSPS) is 36.9. The molecule has 2 heteroatoms. The molecule has 2 fully saturated rings. The van der Waals surface area contributed by atoms with Crippen molar-refractivity contribution in [2.45, 2.75) is 69.6 Å². The summed E-state index contributed by atoms with van der Waals surface area (Å²) in [6, 6.07) is 0.826. The largest absolute Gasteiger partial charge is 0.313 e. The zero-order valence-corrected chi connectivity index (χ0v) is 11.5. The minimum Gasteiger partial charge on any atom is -0.313 e. The highest BCUT2D eigenvalue weighted by atomic mass is 32.2. The third kappa shape index (κ3) is 4.29. The van der Waals surface area contributed by atoms with Gasteiger partial charge in [-0.15, -0.1) is 0 Å². The molecule has 2 aliphatic rings. The molecule has 0 radical (unpaired) electrons. The Labute approximate surface area is 105 Å². The van der Waals surface area contributed by atoms with Crippen LogP contribution in [0.25, 0.3) is 0 Å². The van der Waals surface area contributed by atoms with Crippen LogP contribution in [0.3, 0.4) is 0 Å². The molecule has 0 aromatic rings. The Kier molecular flexibility index (Phi) is 5.51. The molecule has 1 saturated heterocycles. The number of hydrogen-bond donors (Lipinski definition) is 1. The molecule has 1 aliphatic carbocycles. The Morgan fingerprint density at radius 2 is 1.94 bits per heavy atom. The van der Waals surface area contributed by atoms with Crippen LogP contribution in [0, 0.1) is 5.92 Å². The molecule has 1 aliphatic heterocycles. The summed E-state index contributed by atoms with van der Waals surface area (Å²) in [5.41, 5.74) is 0. The molecule has 0 spiro atoms. The van der Waals surface area contributed by atoms with Crippen LogP contribution < -0.4 is 5.32 Å². The Bertz CT molecular complexity index is 189. The zero-order chi connectivity index (χ0) is 11.2. The van der Waals surface area contributed by atoms with Crippen LogP contribution in [-0.4, -0.2) is 23.6 Å². The van der Waals surface area contributed by atoms with E-state index in [0.29, 0.717) is 0 Å². The number of nitrogens with one attached hydrogen (secondary N) is 1. The minimum absolute atomic E-state index is 0.826. The van der Waals surface area contributed by atoms with Crippen molar-refractivity contribution in [2.24, 2.45) is 5.92 Å². The minimum atomic E-state index is 0.826. The molecule has 16 heavy (non-hydrogen) atoms. The summed E-state index contributed by atoms with van der Waals surface area (Å²) < 4.78 is 0. The highest BCUT2D eigenvalue weighted by Gasteiger charge is 2.18. The second kappa shape index (κ2) is 6.90. The maximum atomic E-state index is 3.83. The Hall–Kier alpha value is 0.310. The van der Waals surface area contributed by atoms with Gasteiger partial charge in [-0.1, -0.05) is 26.2 Å². The highest BCUT2D eigenvalue weighted by molar-refractivity contribution is 7.99. The van der Waals surface area contributed by atoms with Gasteiger partial charge < -0.3 is 5.32 Å². The van der Waals surface area contributed by atoms with Gasteiger partial charge in [-0.25, -0.2) is 0 Å². The highest BCUT2D eigenvalue weighted by Crippen LogP contribution is 2.26. The molecular formula is C14H27NS. The third-order valence-corrected chi connectivity index (χ3v) is 5.56. The van der Waals surface area contributed by atoms with Crippen molar-refractivity contribution < 1.29 is 0 Å². The fraction of sp³-hybridized carbons (Fsp3) is 1.00. The molecule has 1 nitrogen and oxygen atoms in total. The van der Waals surface area contributed by atoms with E-state index in [1.807, 2.05) is 0 Å². The van der Waals surface area contributed by atoms with Crippen molar-refractivity contribution in [1.29, 1.82) is 0 Å². The van der Waals surface area contributed by atoms with Gasteiger partial charge in [-0.05, 0) is 43.8 Å². The molecule has 1 N–H and O–H groups in total. The second-order valence-corrected chi connectivity index (χ2v) is 7.12. The molecule has 3 unspecified atom stereocenters. The van der Waals surface area contributed by atoms with Crippen molar-refractivity contribution >= 4 is 11.8 Å². The maximum absolute atomic E-state index is 3.83. The van der Waals surface area contributed by atoms with Crippen LogP contribution in [0.4, 0.5) is 0 Å². The van der Waals surface area contributed by atoms with Gasteiger partial charge in [0.05, 0.1) is 0 Å². The van der Waals surface area contributed by atoms with E-state index in [2.05, 4.69) is 24.0 Å². The van der Waals surface area contributed by atoms with Gasteiger partial charge >= 0.3 is 0 Å². The molecule has 94 valence electrons. The van der Waals surface area contributed by atoms with Gasteiger partial charge in [-0.3, -0.25) is 0 Å². The van der Waals surface area contributed by atoms with Gasteiger partial charge in [0.1, 0.15) is 0 Å². The summed E-state index contributed by atoms with van der Waals surface area (Å²) in [5, 5.41) is 4.74. The fourth-order valence-corrected chi connectivity index (χ4v) is 4.21. The van der Waals surface area contributed by atoms with E-state index in [4.69, 9.17) is 0 Å². The second-order valence-electron chi connectivity index (χ2n) is 5.71. The lowest BCUT2D eigenvalue weighted by Crippen LogP contribution is -2.35. The summed E-state index contributed by atoms with van der Waals surface area (Å²) in [6.07, 6.45) is 11.5. The van der Waals surface area contributed by atoms with Crippen LogP contribution in [0.5, 0.6) is 0 Å². The summed E-state index contributed by atoms with van der Waals surface area (Å²) in [6.45, 7) is 3.68. The van der Waals surface area contributed by atoms with E-state index in [-0.39, 0.29) is 0 Å². The van der Waals surface area contributed by atoms with Crippen LogP contribution in [0.15, 0.2) is 0 Å². The lowest BCUT2D eigenvalue weighted by atomic mass is 10.0. The first-order chi connectivity index (χ1) is 7.84. The van der Waals surface area contributed by atoms with Gasteiger partial charge in [-0.2, -0.15) is 11.8 Å². The predicted molar refractivity (Wildman–Crippen MR) is 74.1 cm³/mol. The number of hydrogen-bond acceptors (Lipinski definition) is 2. The summed E-state index contributed by atoms with van der Waals surface area (Å²) in [5.74, 6) is 2.37. The van der Waals surface area contributed by atoms with Gasteiger partial charge in [0.2, 0.25) is 0 Å². The predicted octanol–water partition coefficient (Wildman–Crippen LogP) is 3.83. The number of thioether (sulfide) groups is 1. The average Bonchev–Trinajstić information content (AvgIpc) is 2.53. The lowest BCUT2D eigenvalue weighted by Gasteiger charge is -2.24. The monoisotopic (exact) mass is 241 g/mol. The average molecular weight is 241 g/mol. The van der Waals surface area contributed by atoms with Gasteiger partial charge in [0.15, 0.2) is 0 Å². The van der Waals surface area contributed by atoms with Crippen molar-refractivity contribution in [1.82, 2.24) is 5.32 Å². The Morgan fingerprint density at radius 3 is 2.75 bits per heavy atom. The summed E-state index contributed by atoms with van der Waals surface area (Å²) >= 11 is 2.20. The topological polar surface area (TPSA) is 12.0 Å².